The van der Waals surface area contributed by atoms with E-state index >= 15 is 0 Å². The second-order valence-electron chi connectivity index (χ2n) is 1.87. The molecule has 56 valence electrons. The molecule has 0 amide bonds. The van der Waals surface area contributed by atoms with Crippen LogP contribution in [0.1, 0.15) is 6.92 Å². The van der Waals surface area contributed by atoms with Gasteiger partial charge in [-0.15, -0.1) is 11.8 Å². The van der Waals surface area contributed by atoms with Gasteiger partial charge in [-0.3, -0.25) is 9.59 Å². The molecule has 0 aromatic carbocycles. The van der Waals surface area contributed by atoms with Gasteiger partial charge in [-0.25, -0.2) is 0 Å². The molecule has 0 atom stereocenters. The van der Waals surface area contributed by atoms with Gasteiger partial charge < -0.3 is 0 Å². The van der Waals surface area contributed by atoms with Crippen LogP contribution in [0.3, 0.4) is 0 Å². The first-order chi connectivity index (χ1) is 4.66. The summed E-state index contributed by atoms with van der Waals surface area (Å²) in [6.45, 7) is 4.82. The second-order valence-corrected chi connectivity index (χ2v) is 2.85. The maximum atomic E-state index is 10.5. The van der Waals surface area contributed by atoms with E-state index in [1.165, 1.54) is 24.8 Å². The van der Waals surface area contributed by atoms with E-state index in [9.17, 15) is 9.59 Å². The molecule has 0 saturated carbocycles. The summed E-state index contributed by atoms with van der Waals surface area (Å²) in [5.74, 6) is 0.857. The highest BCUT2D eigenvalue weighted by atomic mass is 32.2. The fourth-order valence-corrected chi connectivity index (χ4v) is 1.06. The topological polar surface area (TPSA) is 34.1 Å². The summed E-state index contributed by atoms with van der Waals surface area (Å²) in [4.78, 5) is 20.9. The Morgan fingerprint density at radius 2 is 2.10 bits per heavy atom. The van der Waals surface area contributed by atoms with Crippen molar-refractivity contribution in [3.63, 3.8) is 0 Å². The Balaban J connectivity index is 3.28. The van der Waals surface area contributed by atoms with E-state index in [2.05, 4.69) is 6.58 Å². The molecular weight excluding hydrogens is 148 g/mol. The van der Waals surface area contributed by atoms with Crippen molar-refractivity contribution in [1.29, 1.82) is 0 Å². The second kappa shape index (κ2) is 5.23. The van der Waals surface area contributed by atoms with Crippen molar-refractivity contribution >= 4 is 23.3 Å². The maximum absolute atomic E-state index is 10.5. The van der Waals surface area contributed by atoms with E-state index in [4.69, 9.17) is 0 Å². The van der Waals surface area contributed by atoms with Gasteiger partial charge in [0.2, 0.25) is 0 Å². The molecular formula is C7H10O2S. The number of hydrogen-bond donors (Lipinski definition) is 0. The molecule has 0 aromatic heterocycles. The van der Waals surface area contributed by atoms with Crippen molar-refractivity contribution < 1.29 is 9.59 Å². The zero-order valence-electron chi connectivity index (χ0n) is 5.92. The third kappa shape index (κ3) is 5.56. The molecule has 0 aliphatic heterocycles. The number of carbonyl (C=O) groups is 2. The number of hydrogen-bond acceptors (Lipinski definition) is 3. The van der Waals surface area contributed by atoms with Crippen molar-refractivity contribution in [2.75, 3.05) is 11.5 Å². The molecule has 0 saturated heterocycles. The third-order valence-corrected chi connectivity index (χ3v) is 1.88. The minimum absolute atomic E-state index is 0.0220. The first kappa shape index (κ1) is 9.43. The van der Waals surface area contributed by atoms with Gasteiger partial charge in [0.25, 0.3) is 0 Å². The van der Waals surface area contributed by atoms with Crippen LogP contribution in [0.15, 0.2) is 12.7 Å². The fraction of sp³-hybridized carbons (Fsp3) is 0.429. The number of thioether (sulfide) groups is 1. The lowest BCUT2D eigenvalue weighted by molar-refractivity contribution is -0.114. The van der Waals surface area contributed by atoms with Crippen LogP contribution in [0.25, 0.3) is 0 Å². The van der Waals surface area contributed by atoms with Crippen LogP contribution in [0.5, 0.6) is 0 Å². The van der Waals surface area contributed by atoms with E-state index in [0.717, 1.165) is 0 Å². The minimum Gasteiger partial charge on any atom is -0.299 e. The summed E-state index contributed by atoms with van der Waals surface area (Å²) in [6.07, 6.45) is 1.27. The number of Topliss-reactive ketones (excluding diaryl/α,β-unsaturated/α-hetero) is 1. The molecule has 0 spiro atoms. The van der Waals surface area contributed by atoms with Gasteiger partial charge in [0.15, 0.2) is 5.78 Å². The highest BCUT2D eigenvalue weighted by molar-refractivity contribution is 8.00. The molecule has 0 aliphatic carbocycles. The van der Waals surface area contributed by atoms with Gasteiger partial charge in [-0.1, -0.05) is 6.58 Å². The molecule has 0 radical (unpaired) electrons. The lowest BCUT2D eigenvalue weighted by Crippen LogP contribution is -2.00. The Morgan fingerprint density at radius 3 is 2.50 bits per heavy atom. The number of ketones is 2. The van der Waals surface area contributed by atoms with Crippen molar-refractivity contribution in [1.82, 2.24) is 0 Å². The van der Waals surface area contributed by atoms with E-state index in [0.29, 0.717) is 11.5 Å². The van der Waals surface area contributed by atoms with Crippen LogP contribution in [-0.4, -0.2) is 23.1 Å². The molecule has 0 heterocycles. The van der Waals surface area contributed by atoms with Gasteiger partial charge in [0.05, 0.1) is 11.5 Å². The standard InChI is InChI=1S/C7H10O2S/c1-3-7(9)5-10-4-6(2)8/h3H,1,4-5H2,2H3. The highest BCUT2D eigenvalue weighted by Gasteiger charge is 1.97. The zero-order chi connectivity index (χ0) is 7.98. The van der Waals surface area contributed by atoms with E-state index in [1.54, 1.807) is 0 Å². The molecule has 0 N–H and O–H groups in total. The van der Waals surface area contributed by atoms with Crippen LogP contribution in [0.4, 0.5) is 0 Å². The smallest absolute Gasteiger partial charge is 0.164 e. The largest absolute Gasteiger partial charge is 0.299 e. The summed E-state index contributed by atoms with van der Waals surface area (Å²) in [5, 5.41) is 0. The molecule has 0 unspecified atom stereocenters. The molecule has 10 heavy (non-hydrogen) atoms. The van der Waals surface area contributed by atoms with Crippen LogP contribution in [-0.2, 0) is 9.59 Å². The Morgan fingerprint density at radius 1 is 1.50 bits per heavy atom. The number of allylic oxidation sites excluding steroid dienone is 1. The summed E-state index contributed by atoms with van der Waals surface area (Å²) < 4.78 is 0. The van der Waals surface area contributed by atoms with Crippen LogP contribution >= 0.6 is 11.8 Å². The van der Waals surface area contributed by atoms with Crippen molar-refractivity contribution in [3.05, 3.63) is 12.7 Å². The van der Waals surface area contributed by atoms with Crippen LogP contribution in [0, 0.1) is 0 Å². The quantitative estimate of drug-likeness (QED) is 0.561. The monoisotopic (exact) mass is 158 g/mol. The van der Waals surface area contributed by atoms with Crippen molar-refractivity contribution in [2.24, 2.45) is 0 Å². The Bertz CT molecular complexity index is 152. The SMILES string of the molecule is C=CC(=O)CSCC(C)=O. The van der Waals surface area contributed by atoms with Crippen LogP contribution in [0.2, 0.25) is 0 Å². The summed E-state index contributed by atoms with van der Waals surface area (Å²) in [7, 11) is 0. The first-order valence-corrected chi connectivity index (χ1v) is 4.04. The van der Waals surface area contributed by atoms with Crippen molar-refractivity contribution in [2.45, 2.75) is 6.92 Å². The summed E-state index contributed by atoms with van der Waals surface area (Å²) >= 11 is 1.32. The third-order valence-electron chi connectivity index (χ3n) is 0.777. The van der Waals surface area contributed by atoms with E-state index in [-0.39, 0.29) is 11.6 Å². The predicted octanol–water partition coefficient (Wildman–Crippen LogP) is 1.06. The normalized spacial score (nSPS) is 8.90. The zero-order valence-corrected chi connectivity index (χ0v) is 6.74. The van der Waals surface area contributed by atoms with E-state index < -0.39 is 0 Å². The lowest BCUT2D eigenvalue weighted by Gasteiger charge is -1.92. The van der Waals surface area contributed by atoms with Crippen LogP contribution < -0.4 is 0 Å². The predicted molar refractivity (Wildman–Crippen MR) is 43.2 cm³/mol. The summed E-state index contributed by atoms with van der Waals surface area (Å²) in [5.41, 5.74) is 0. The Hall–Kier alpha value is -0.570. The lowest BCUT2D eigenvalue weighted by atomic mass is 10.5. The minimum atomic E-state index is -0.0220. The summed E-state index contributed by atoms with van der Waals surface area (Å²) in [6, 6.07) is 0. The maximum Gasteiger partial charge on any atom is 0.164 e. The van der Waals surface area contributed by atoms with Gasteiger partial charge in [0.1, 0.15) is 5.78 Å². The first-order valence-electron chi connectivity index (χ1n) is 2.89. The van der Waals surface area contributed by atoms with Gasteiger partial charge in [-0.05, 0) is 13.0 Å². The van der Waals surface area contributed by atoms with Gasteiger partial charge in [-0.2, -0.15) is 0 Å². The number of rotatable bonds is 5. The van der Waals surface area contributed by atoms with Gasteiger partial charge in [0, 0.05) is 0 Å². The number of carbonyl (C=O) groups excluding carboxylic acids is 2. The molecule has 0 aromatic rings. The van der Waals surface area contributed by atoms with Crippen molar-refractivity contribution in [3.8, 4) is 0 Å². The molecule has 0 bridgehead atoms. The molecule has 2 nitrogen and oxygen atoms in total. The molecule has 0 fully saturated rings. The van der Waals surface area contributed by atoms with E-state index in [1.807, 2.05) is 0 Å². The Kier molecular flexibility index (Phi) is 4.94. The van der Waals surface area contributed by atoms with Gasteiger partial charge >= 0.3 is 0 Å². The molecule has 3 heteroatoms. The Labute approximate surface area is 64.7 Å². The molecule has 0 aliphatic rings. The average Bonchev–Trinajstić information content (AvgIpc) is 1.87. The average molecular weight is 158 g/mol. The molecule has 0 rings (SSSR count). The fourth-order valence-electron chi connectivity index (χ4n) is 0.354. The highest BCUT2D eigenvalue weighted by Crippen LogP contribution is 1.99.